The molecule has 0 saturated carbocycles. The van der Waals surface area contributed by atoms with Gasteiger partial charge in [0.05, 0.1) is 6.61 Å². The molecule has 0 saturated heterocycles. The van der Waals surface area contributed by atoms with Crippen molar-refractivity contribution in [1.29, 1.82) is 0 Å². The number of hydrogen-bond acceptors (Lipinski definition) is 1. The second kappa shape index (κ2) is 3.77. The van der Waals surface area contributed by atoms with Crippen LogP contribution in [0, 0.1) is 18.2 Å². The number of hydrogen-bond donors (Lipinski definition) is 0. The average molecular weight is 164 g/mol. The lowest BCUT2D eigenvalue weighted by atomic mass is 10.2. The van der Waals surface area contributed by atoms with Crippen LogP contribution in [0.3, 0.4) is 0 Å². The van der Waals surface area contributed by atoms with Gasteiger partial charge in [-0.3, -0.25) is 0 Å². The van der Waals surface area contributed by atoms with E-state index in [9.17, 15) is 4.39 Å². The van der Waals surface area contributed by atoms with Crippen molar-refractivity contribution in [3.63, 3.8) is 0 Å². The monoisotopic (exact) mass is 164 g/mol. The van der Waals surface area contributed by atoms with Crippen LogP contribution in [0.2, 0.25) is 0 Å². The van der Waals surface area contributed by atoms with Crippen molar-refractivity contribution in [2.75, 3.05) is 6.61 Å². The Hall–Kier alpha value is -1.49. The highest BCUT2D eigenvalue weighted by atomic mass is 19.1. The Labute approximate surface area is 71.2 Å². The summed E-state index contributed by atoms with van der Waals surface area (Å²) in [4.78, 5) is 0. The highest BCUT2D eigenvalue weighted by molar-refractivity contribution is 5.39. The van der Waals surface area contributed by atoms with Crippen molar-refractivity contribution < 1.29 is 9.13 Å². The maximum absolute atomic E-state index is 12.9. The van der Waals surface area contributed by atoms with Crippen LogP contribution in [0.4, 0.5) is 4.39 Å². The van der Waals surface area contributed by atoms with Gasteiger partial charge >= 0.3 is 0 Å². The zero-order chi connectivity index (χ0) is 8.97. The SMILES string of the molecule is C#Cc1ccc(F)c(OCC)c1. The van der Waals surface area contributed by atoms with E-state index in [-0.39, 0.29) is 11.6 Å². The van der Waals surface area contributed by atoms with E-state index in [4.69, 9.17) is 11.2 Å². The molecule has 0 N–H and O–H groups in total. The molecule has 0 aliphatic carbocycles. The summed E-state index contributed by atoms with van der Waals surface area (Å²) in [7, 11) is 0. The largest absolute Gasteiger partial charge is 0.491 e. The van der Waals surface area contributed by atoms with Gasteiger partial charge in [0, 0.05) is 5.56 Å². The van der Waals surface area contributed by atoms with E-state index >= 15 is 0 Å². The molecule has 62 valence electrons. The van der Waals surface area contributed by atoms with E-state index in [0.717, 1.165) is 0 Å². The summed E-state index contributed by atoms with van der Waals surface area (Å²) in [6.07, 6.45) is 5.14. The molecule has 1 nitrogen and oxygen atoms in total. The first-order valence-corrected chi connectivity index (χ1v) is 3.67. The number of benzene rings is 1. The molecule has 0 bridgehead atoms. The Morgan fingerprint density at radius 1 is 1.58 bits per heavy atom. The molecule has 0 aromatic heterocycles. The molecule has 0 aliphatic heterocycles. The van der Waals surface area contributed by atoms with Crippen LogP contribution in [0.25, 0.3) is 0 Å². The molecule has 1 rings (SSSR count). The summed E-state index contributed by atoms with van der Waals surface area (Å²) in [5.41, 5.74) is 0.625. The Kier molecular flexibility index (Phi) is 2.71. The lowest BCUT2D eigenvalue weighted by Gasteiger charge is -2.03. The molecule has 1 aromatic carbocycles. The van der Waals surface area contributed by atoms with E-state index in [1.54, 1.807) is 6.92 Å². The quantitative estimate of drug-likeness (QED) is 0.609. The van der Waals surface area contributed by atoms with Gasteiger partial charge in [-0.1, -0.05) is 5.92 Å². The van der Waals surface area contributed by atoms with Crippen molar-refractivity contribution in [2.45, 2.75) is 6.92 Å². The van der Waals surface area contributed by atoms with Crippen LogP contribution in [-0.4, -0.2) is 6.61 Å². The van der Waals surface area contributed by atoms with Gasteiger partial charge in [-0.05, 0) is 25.1 Å². The van der Waals surface area contributed by atoms with E-state index < -0.39 is 0 Å². The Morgan fingerprint density at radius 3 is 2.92 bits per heavy atom. The Morgan fingerprint density at radius 2 is 2.33 bits per heavy atom. The van der Waals surface area contributed by atoms with Crippen molar-refractivity contribution in [2.24, 2.45) is 0 Å². The zero-order valence-corrected chi connectivity index (χ0v) is 6.80. The van der Waals surface area contributed by atoms with Gasteiger partial charge in [0.1, 0.15) is 0 Å². The molecule has 0 fully saturated rings. The first-order chi connectivity index (χ1) is 5.77. The smallest absolute Gasteiger partial charge is 0.165 e. The highest BCUT2D eigenvalue weighted by Gasteiger charge is 2.01. The second-order valence-corrected chi connectivity index (χ2v) is 2.22. The van der Waals surface area contributed by atoms with Gasteiger partial charge in [0.15, 0.2) is 11.6 Å². The second-order valence-electron chi connectivity index (χ2n) is 2.22. The zero-order valence-electron chi connectivity index (χ0n) is 6.80. The van der Waals surface area contributed by atoms with Gasteiger partial charge in [-0.15, -0.1) is 6.42 Å². The minimum absolute atomic E-state index is 0.216. The molecule has 0 amide bonds. The summed E-state index contributed by atoms with van der Waals surface area (Å²) in [5.74, 6) is 2.24. The fourth-order valence-electron chi connectivity index (χ4n) is 0.859. The molecule has 0 radical (unpaired) electrons. The van der Waals surface area contributed by atoms with E-state index in [1.165, 1.54) is 18.2 Å². The maximum Gasteiger partial charge on any atom is 0.165 e. The average Bonchev–Trinajstić information content (AvgIpc) is 2.09. The van der Waals surface area contributed by atoms with E-state index in [0.29, 0.717) is 12.2 Å². The van der Waals surface area contributed by atoms with Crippen LogP contribution in [0.1, 0.15) is 12.5 Å². The third-order valence-electron chi connectivity index (χ3n) is 1.40. The van der Waals surface area contributed by atoms with E-state index in [2.05, 4.69) is 5.92 Å². The number of rotatable bonds is 2. The normalized spacial score (nSPS) is 9.08. The van der Waals surface area contributed by atoms with Gasteiger partial charge in [0.25, 0.3) is 0 Å². The first-order valence-electron chi connectivity index (χ1n) is 3.67. The van der Waals surface area contributed by atoms with Crippen LogP contribution < -0.4 is 4.74 Å². The Bertz CT molecular complexity index is 312. The number of halogens is 1. The summed E-state index contributed by atoms with van der Waals surface area (Å²) in [6, 6.07) is 4.36. The minimum Gasteiger partial charge on any atom is -0.491 e. The fraction of sp³-hybridized carbons (Fsp3) is 0.200. The van der Waals surface area contributed by atoms with Gasteiger partial charge < -0.3 is 4.74 Å². The predicted octanol–water partition coefficient (Wildman–Crippen LogP) is 2.21. The summed E-state index contributed by atoms with van der Waals surface area (Å²) >= 11 is 0. The molecule has 0 unspecified atom stereocenters. The van der Waals surface area contributed by atoms with Gasteiger partial charge in [0.2, 0.25) is 0 Å². The first kappa shape index (κ1) is 8.61. The van der Waals surface area contributed by atoms with Crippen LogP contribution in [0.5, 0.6) is 5.75 Å². The minimum atomic E-state index is -0.379. The summed E-state index contributed by atoms with van der Waals surface area (Å²) < 4.78 is 17.9. The third-order valence-corrected chi connectivity index (χ3v) is 1.40. The van der Waals surface area contributed by atoms with Gasteiger partial charge in [-0.2, -0.15) is 0 Å². The van der Waals surface area contributed by atoms with Crippen LogP contribution in [-0.2, 0) is 0 Å². The summed E-state index contributed by atoms with van der Waals surface area (Å²) in [6.45, 7) is 2.23. The highest BCUT2D eigenvalue weighted by Crippen LogP contribution is 2.17. The van der Waals surface area contributed by atoms with Crippen LogP contribution >= 0.6 is 0 Å². The molecule has 1 aromatic rings. The molecule has 0 atom stereocenters. The van der Waals surface area contributed by atoms with E-state index in [1.807, 2.05) is 0 Å². The summed E-state index contributed by atoms with van der Waals surface area (Å²) in [5, 5.41) is 0. The van der Waals surface area contributed by atoms with Gasteiger partial charge in [-0.25, -0.2) is 4.39 Å². The fourth-order valence-corrected chi connectivity index (χ4v) is 0.859. The molecule has 12 heavy (non-hydrogen) atoms. The molecule has 0 heterocycles. The number of ether oxygens (including phenoxy) is 1. The van der Waals surface area contributed by atoms with Crippen molar-refractivity contribution in [3.8, 4) is 18.1 Å². The molecule has 0 spiro atoms. The van der Waals surface area contributed by atoms with Crippen LogP contribution in [0.15, 0.2) is 18.2 Å². The topological polar surface area (TPSA) is 9.23 Å². The Balaban J connectivity index is 3.01. The number of terminal acetylenes is 1. The maximum atomic E-state index is 12.9. The van der Waals surface area contributed by atoms with Crippen molar-refractivity contribution >= 4 is 0 Å². The molecule has 2 heteroatoms. The molecular weight excluding hydrogens is 155 g/mol. The third kappa shape index (κ3) is 1.76. The standard InChI is InChI=1S/C10H9FO/c1-3-8-5-6-9(11)10(7-8)12-4-2/h1,5-7H,4H2,2H3. The predicted molar refractivity (Wildman–Crippen MR) is 45.5 cm³/mol. The van der Waals surface area contributed by atoms with Crippen molar-refractivity contribution in [1.82, 2.24) is 0 Å². The lowest BCUT2D eigenvalue weighted by Crippen LogP contribution is -1.94. The van der Waals surface area contributed by atoms with Crippen molar-refractivity contribution in [3.05, 3.63) is 29.6 Å². The molecule has 0 aliphatic rings. The lowest BCUT2D eigenvalue weighted by molar-refractivity contribution is 0.321. The molecular formula is C10H9FO.